The molecule has 0 amide bonds. The van der Waals surface area contributed by atoms with Crippen LogP contribution in [-0.2, 0) is 10.0 Å². The number of halogens is 1. The molecule has 1 unspecified atom stereocenters. The molecule has 2 heterocycles. The number of anilines is 1. The molecule has 1 saturated carbocycles. The first kappa shape index (κ1) is 14.2. The van der Waals surface area contributed by atoms with Crippen LogP contribution in [0.15, 0.2) is 16.9 Å². The number of rotatable bonds is 4. The Bertz CT molecular complexity index is 574. The van der Waals surface area contributed by atoms with Crippen molar-refractivity contribution in [1.82, 2.24) is 14.7 Å². The molecule has 0 aromatic carbocycles. The fourth-order valence-electron chi connectivity index (χ4n) is 2.43. The van der Waals surface area contributed by atoms with Crippen LogP contribution in [-0.4, -0.2) is 42.8 Å². The first-order chi connectivity index (χ1) is 9.54. The maximum Gasteiger partial charge on any atom is 0.225 e. The van der Waals surface area contributed by atoms with Crippen molar-refractivity contribution in [3.05, 3.63) is 16.9 Å². The number of nitrogens with zero attached hydrogens (tertiary/aromatic N) is 3. The van der Waals surface area contributed by atoms with Crippen molar-refractivity contribution in [3.63, 3.8) is 0 Å². The van der Waals surface area contributed by atoms with Gasteiger partial charge in [0.15, 0.2) is 0 Å². The molecule has 2 aliphatic rings. The molecule has 3 rings (SSSR count). The van der Waals surface area contributed by atoms with Gasteiger partial charge in [-0.05, 0) is 41.6 Å². The molecule has 1 aliphatic heterocycles. The monoisotopic (exact) mass is 360 g/mol. The quantitative estimate of drug-likeness (QED) is 0.875. The Morgan fingerprint density at radius 3 is 2.60 bits per heavy atom. The average Bonchev–Trinajstić information content (AvgIpc) is 3.24. The van der Waals surface area contributed by atoms with Gasteiger partial charge in [-0.25, -0.2) is 23.1 Å². The first-order valence-electron chi connectivity index (χ1n) is 6.78. The number of hydrogen-bond donors (Lipinski definition) is 1. The first-order valence-corrected chi connectivity index (χ1v) is 9.12. The molecule has 0 bridgehead atoms. The van der Waals surface area contributed by atoms with Gasteiger partial charge in [-0.3, -0.25) is 0 Å². The summed E-state index contributed by atoms with van der Waals surface area (Å²) in [6, 6.07) is -0.0402. The van der Waals surface area contributed by atoms with E-state index in [9.17, 15) is 8.42 Å². The van der Waals surface area contributed by atoms with E-state index in [1.807, 2.05) is 4.90 Å². The zero-order chi connectivity index (χ0) is 14.2. The second kappa shape index (κ2) is 5.57. The lowest BCUT2D eigenvalue weighted by atomic mass is 10.1. The molecule has 20 heavy (non-hydrogen) atoms. The van der Waals surface area contributed by atoms with Crippen molar-refractivity contribution in [2.45, 2.75) is 37.0 Å². The lowest BCUT2D eigenvalue weighted by Crippen LogP contribution is -2.49. The summed E-state index contributed by atoms with van der Waals surface area (Å²) >= 11 is 3.31. The number of aromatic nitrogens is 2. The van der Waals surface area contributed by atoms with Crippen LogP contribution >= 0.6 is 15.9 Å². The molecular weight excluding hydrogens is 344 g/mol. The van der Waals surface area contributed by atoms with Crippen LogP contribution < -0.4 is 9.62 Å². The Morgan fingerprint density at radius 1 is 1.25 bits per heavy atom. The molecule has 1 aliphatic carbocycles. The molecule has 1 aromatic heterocycles. The van der Waals surface area contributed by atoms with E-state index < -0.39 is 10.0 Å². The smallest absolute Gasteiger partial charge is 0.225 e. The number of piperidine rings is 1. The van der Waals surface area contributed by atoms with Crippen LogP contribution in [0.3, 0.4) is 0 Å². The Balaban J connectivity index is 1.65. The van der Waals surface area contributed by atoms with Gasteiger partial charge in [-0.2, -0.15) is 0 Å². The zero-order valence-corrected chi connectivity index (χ0v) is 13.4. The van der Waals surface area contributed by atoms with Gasteiger partial charge in [0, 0.05) is 31.5 Å². The highest BCUT2D eigenvalue weighted by atomic mass is 79.9. The second-order valence-corrected chi connectivity index (χ2v) is 8.26. The zero-order valence-electron chi connectivity index (χ0n) is 11.0. The molecule has 1 N–H and O–H groups in total. The van der Waals surface area contributed by atoms with Crippen molar-refractivity contribution >= 4 is 31.9 Å². The largest absolute Gasteiger partial charge is 0.339 e. The van der Waals surface area contributed by atoms with E-state index in [1.54, 1.807) is 12.4 Å². The van der Waals surface area contributed by atoms with Gasteiger partial charge in [0.2, 0.25) is 16.0 Å². The Morgan fingerprint density at radius 2 is 1.95 bits per heavy atom. The van der Waals surface area contributed by atoms with E-state index in [0.717, 1.165) is 36.7 Å². The lowest BCUT2D eigenvalue weighted by Gasteiger charge is -2.32. The highest BCUT2D eigenvalue weighted by Crippen LogP contribution is 2.28. The summed E-state index contributed by atoms with van der Waals surface area (Å²) in [5.74, 6) is 0.656. The second-order valence-electron chi connectivity index (χ2n) is 5.35. The third-order valence-electron chi connectivity index (χ3n) is 3.61. The maximum absolute atomic E-state index is 12.0. The van der Waals surface area contributed by atoms with Crippen molar-refractivity contribution in [2.75, 3.05) is 18.0 Å². The van der Waals surface area contributed by atoms with E-state index in [1.165, 1.54) is 0 Å². The molecule has 6 nitrogen and oxygen atoms in total. The van der Waals surface area contributed by atoms with E-state index in [2.05, 4.69) is 30.6 Å². The summed E-state index contributed by atoms with van der Waals surface area (Å²) in [5.41, 5.74) is 0. The molecule has 110 valence electrons. The summed E-state index contributed by atoms with van der Waals surface area (Å²) in [6.07, 6.45) is 6.82. The predicted molar refractivity (Wildman–Crippen MR) is 80.0 cm³/mol. The van der Waals surface area contributed by atoms with Crippen molar-refractivity contribution < 1.29 is 8.42 Å². The van der Waals surface area contributed by atoms with E-state index in [4.69, 9.17) is 0 Å². The van der Waals surface area contributed by atoms with E-state index in [0.29, 0.717) is 12.5 Å². The third kappa shape index (κ3) is 3.29. The third-order valence-corrected chi connectivity index (χ3v) is 6.03. The lowest BCUT2D eigenvalue weighted by molar-refractivity contribution is 0.461. The topological polar surface area (TPSA) is 75.2 Å². The van der Waals surface area contributed by atoms with Gasteiger partial charge in [-0.1, -0.05) is 0 Å². The van der Waals surface area contributed by atoms with E-state index >= 15 is 0 Å². The number of hydrogen-bond acceptors (Lipinski definition) is 5. The minimum absolute atomic E-state index is 0.0402. The Hall–Kier alpha value is -0.730. The fourth-order valence-corrected chi connectivity index (χ4v) is 4.24. The van der Waals surface area contributed by atoms with Gasteiger partial charge >= 0.3 is 0 Å². The van der Waals surface area contributed by atoms with Gasteiger partial charge in [0.05, 0.1) is 9.72 Å². The molecule has 0 spiro atoms. The van der Waals surface area contributed by atoms with Crippen LogP contribution in [0.25, 0.3) is 0 Å². The van der Waals surface area contributed by atoms with Gasteiger partial charge in [0.25, 0.3) is 0 Å². The maximum atomic E-state index is 12.0. The van der Waals surface area contributed by atoms with E-state index in [-0.39, 0.29) is 11.3 Å². The highest BCUT2D eigenvalue weighted by Gasteiger charge is 2.37. The van der Waals surface area contributed by atoms with Crippen LogP contribution in [0.4, 0.5) is 5.95 Å². The molecular formula is C12H17BrN4O2S. The summed E-state index contributed by atoms with van der Waals surface area (Å²) in [5, 5.41) is -0.165. The minimum Gasteiger partial charge on any atom is -0.339 e. The molecule has 1 atom stereocenters. The summed E-state index contributed by atoms with van der Waals surface area (Å²) in [4.78, 5) is 10.6. The number of nitrogens with one attached hydrogen (secondary N) is 1. The summed E-state index contributed by atoms with van der Waals surface area (Å²) in [7, 11) is -3.12. The normalized spacial score (nSPS) is 23.9. The molecule has 0 radical (unpaired) electrons. The van der Waals surface area contributed by atoms with Crippen LogP contribution in [0.2, 0.25) is 0 Å². The summed E-state index contributed by atoms with van der Waals surface area (Å²) in [6.45, 7) is 1.50. The van der Waals surface area contributed by atoms with Crippen molar-refractivity contribution in [1.29, 1.82) is 0 Å². The average molecular weight is 361 g/mol. The van der Waals surface area contributed by atoms with Crippen LogP contribution in [0.5, 0.6) is 0 Å². The van der Waals surface area contributed by atoms with Crippen molar-refractivity contribution in [3.8, 4) is 0 Å². The minimum atomic E-state index is -3.12. The highest BCUT2D eigenvalue weighted by molar-refractivity contribution is 9.10. The molecule has 1 saturated heterocycles. The standard InChI is InChI=1S/C12H17BrN4O2S/c13-9-6-14-12(15-7-9)17-5-1-2-10(8-17)16-20(18,19)11-3-4-11/h6-7,10-11,16H,1-5,8H2. The Kier molecular flexibility index (Phi) is 3.96. The molecule has 1 aromatic rings. The molecule has 2 fully saturated rings. The number of sulfonamides is 1. The van der Waals surface area contributed by atoms with Gasteiger partial charge in [-0.15, -0.1) is 0 Å². The van der Waals surface area contributed by atoms with Crippen LogP contribution in [0, 0.1) is 0 Å². The summed E-state index contributed by atoms with van der Waals surface area (Å²) < 4.78 is 27.6. The van der Waals surface area contributed by atoms with Crippen molar-refractivity contribution in [2.24, 2.45) is 0 Å². The van der Waals surface area contributed by atoms with Gasteiger partial charge < -0.3 is 4.90 Å². The SMILES string of the molecule is O=S(=O)(NC1CCCN(c2ncc(Br)cn2)C1)C1CC1. The predicted octanol–water partition coefficient (Wildman–Crippen LogP) is 1.29. The Labute approximate surface area is 127 Å². The van der Waals surface area contributed by atoms with Gasteiger partial charge in [0.1, 0.15) is 0 Å². The fraction of sp³-hybridized carbons (Fsp3) is 0.667. The van der Waals surface area contributed by atoms with Crippen LogP contribution in [0.1, 0.15) is 25.7 Å². The molecule has 8 heteroatoms.